The fraction of sp³-hybridized carbons (Fsp3) is 1.00. The highest BCUT2D eigenvalue weighted by molar-refractivity contribution is 7.46. The lowest BCUT2D eigenvalue weighted by Crippen LogP contribution is -2.18. The summed E-state index contributed by atoms with van der Waals surface area (Å²) in [5.41, 5.74) is 5.30. The molecule has 0 aliphatic carbocycles. The zero-order valence-corrected chi connectivity index (χ0v) is 9.08. The van der Waals surface area contributed by atoms with Gasteiger partial charge in [-0.2, -0.15) is 0 Å². The average Bonchev–Trinajstić information content (AvgIpc) is 2.08. The Labute approximate surface area is 84.1 Å². The Morgan fingerprint density at radius 2 is 1.86 bits per heavy atom. The monoisotopic (exact) mass is 226 g/mol. The molecule has 0 aliphatic heterocycles. The lowest BCUT2D eigenvalue weighted by Gasteiger charge is -2.05. The SMILES string of the molecule is NCCCCNCCCOP(=O)(O)O. The van der Waals surface area contributed by atoms with E-state index in [1.54, 1.807) is 0 Å². The van der Waals surface area contributed by atoms with Crippen LogP contribution in [0, 0.1) is 0 Å². The van der Waals surface area contributed by atoms with Gasteiger partial charge in [0.1, 0.15) is 0 Å². The minimum absolute atomic E-state index is 0.0775. The number of unbranched alkanes of at least 4 members (excludes halogenated alkanes) is 1. The second kappa shape index (κ2) is 8.35. The van der Waals surface area contributed by atoms with Crippen molar-refractivity contribution in [3.8, 4) is 0 Å². The van der Waals surface area contributed by atoms with Gasteiger partial charge in [-0.15, -0.1) is 0 Å². The number of hydrogen-bond acceptors (Lipinski definition) is 4. The van der Waals surface area contributed by atoms with Crippen LogP contribution in [0.2, 0.25) is 0 Å². The number of phosphoric ester groups is 1. The number of rotatable bonds is 9. The van der Waals surface area contributed by atoms with E-state index >= 15 is 0 Å². The van der Waals surface area contributed by atoms with Crippen LogP contribution in [0.3, 0.4) is 0 Å². The van der Waals surface area contributed by atoms with Crippen LogP contribution < -0.4 is 11.1 Å². The summed E-state index contributed by atoms with van der Waals surface area (Å²) in [5.74, 6) is 0. The predicted octanol–water partition coefficient (Wildman–Crippen LogP) is -0.186. The van der Waals surface area contributed by atoms with Crippen LogP contribution in [-0.2, 0) is 9.09 Å². The fourth-order valence-corrected chi connectivity index (χ4v) is 1.27. The molecule has 14 heavy (non-hydrogen) atoms. The molecule has 0 amide bonds. The van der Waals surface area contributed by atoms with E-state index < -0.39 is 7.82 Å². The van der Waals surface area contributed by atoms with Crippen LogP contribution in [0.1, 0.15) is 19.3 Å². The highest BCUT2D eigenvalue weighted by Crippen LogP contribution is 2.35. The molecule has 0 saturated heterocycles. The minimum Gasteiger partial charge on any atom is -0.330 e. The molecular formula is C7H19N2O4P. The second-order valence-electron chi connectivity index (χ2n) is 2.92. The summed E-state index contributed by atoms with van der Waals surface area (Å²) in [7, 11) is -4.28. The molecule has 0 fully saturated rings. The Morgan fingerprint density at radius 1 is 1.21 bits per heavy atom. The molecule has 0 saturated carbocycles. The van der Waals surface area contributed by atoms with Gasteiger partial charge in [0.2, 0.25) is 0 Å². The molecular weight excluding hydrogens is 207 g/mol. The zero-order chi connectivity index (χ0) is 10.9. The van der Waals surface area contributed by atoms with Crippen LogP contribution >= 0.6 is 7.82 Å². The highest BCUT2D eigenvalue weighted by atomic mass is 31.2. The van der Waals surface area contributed by atoms with Crippen LogP contribution in [0.5, 0.6) is 0 Å². The third kappa shape index (κ3) is 12.0. The standard InChI is InChI=1S/C7H19N2O4P/c8-4-1-2-5-9-6-3-7-13-14(10,11)12/h9H,1-8H2,(H2,10,11,12). The fourth-order valence-electron chi connectivity index (χ4n) is 0.900. The molecule has 6 nitrogen and oxygen atoms in total. The van der Waals surface area contributed by atoms with Crippen molar-refractivity contribution in [2.24, 2.45) is 5.73 Å². The van der Waals surface area contributed by atoms with Crippen molar-refractivity contribution in [1.29, 1.82) is 0 Å². The maximum absolute atomic E-state index is 10.2. The Bertz CT molecular complexity index is 173. The van der Waals surface area contributed by atoms with Gasteiger partial charge in [-0.25, -0.2) is 4.57 Å². The Morgan fingerprint density at radius 3 is 2.43 bits per heavy atom. The Balaban J connectivity index is 3.03. The van der Waals surface area contributed by atoms with Crippen LogP contribution in [0.15, 0.2) is 0 Å². The van der Waals surface area contributed by atoms with Gasteiger partial charge >= 0.3 is 7.82 Å². The Kier molecular flexibility index (Phi) is 8.37. The van der Waals surface area contributed by atoms with Crippen LogP contribution in [-0.4, -0.2) is 36.0 Å². The van der Waals surface area contributed by atoms with Gasteiger partial charge in [0.05, 0.1) is 6.61 Å². The lowest BCUT2D eigenvalue weighted by molar-refractivity contribution is 0.194. The molecule has 0 spiro atoms. The molecule has 0 heterocycles. The number of hydrogen-bond donors (Lipinski definition) is 4. The van der Waals surface area contributed by atoms with E-state index in [0.717, 1.165) is 19.4 Å². The summed E-state index contributed by atoms with van der Waals surface area (Å²) < 4.78 is 14.5. The van der Waals surface area contributed by atoms with E-state index in [4.69, 9.17) is 15.5 Å². The van der Waals surface area contributed by atoms with Gasteiger partial charge in [0.25, 0.3) is 0 Å². The number of phosphoric acid groups is 1. The third-order valence-electron chi connectivity index (χ3n) is 1.57. The first kappa shape index (κ1) is 14.0. The lowest BCUT2D eigenvalue weighted by atomic mass is 10.3. The van der Waals surface area contributed by atoms with Gasteiger partial charge in [-0.05, 0) is 38.9 Å². The smallest absolute Gasteiger partial charge is 0.330 e. The first-order valence-electron chi connectivity index (χ1n) is 4.67. The highest BCUT2D eigenvalue weighted by Gasteiger charge is 2.11. The van der Waals surface area contributed by atoms with E-state index in [-0.39, 0.29) is 6.61 Å². The molecule has 0 radical (unpaired) electrons. The quantitative estimate of drug-likeness (QED) is 0.321. The largest absolute Gasteiger partial charge is 0.469 e. The van der Waals surface area contributed by atoms with Crippen molar-refractivity contribution in [2.45, 2.75) is 19.3 Å². The molecule has 5 N–H and O–H groups in total. The van der Waals surface area contributed by atoms with E-state index in [1.807, 2.05) is 0 Å². The summed E-state index contributed by atoms with van der Waals surface area (Å²) in [6.45, 7) is 2.36. The topological polar surface area (TPSA) is 105 Å². The summed E-state index contributed by atoms with van der Waals surface area (Å²) in [6, 6.07) is 0. The van der Waals surface area contributed by atoms with E-state index in [1.165, 1.54) is 0 Å². The molecule has 0 bridgehead atoms. The average molecular weight is 226 g/mol. The summed E-state index contributed by atoms with van der Waals surface area (Å²) in [5, 5.41) is 3.12. The molecule has 0 aromatic rings. The number of nitrogens with two attached hydrogens (primary N) is 1. The van der Waals surface area contributed by atoms with Crippen LogP contribution in [0.25, 0.3) is 0 Å². The number of nitrogens with one attached hydrogen (secondary N) is 1. The van der Waals surface area contributed by atoms with Crippen molar-refractivity contribution in [2.75, 3.05) is 26.2 Å². The van der Waals surface area contributed by atoms with E-state index in [2.05, 4.69) is 9.84 Å². The van der Waals surface area contributed by atoms with Gasteiger partial charge in [-0.1, -0.05) is 0 Å². The van der Waals surface area contributed by atoms with E-state index in [0.29, 0.717) is 19.5 Å². The molecule has 86 valence electrons. The van der Waals surface area contributed by atoms with Crippen molar-refractivity contribution >= 4 is 7.82 Å². The summed E-state index contributed by atoms with van der Waals surface area (Å²) in [6.07, 6.45) is 2.61. The van der Waals surface area contributed by atoms with E-state index in [9.17, 15) is 4.57 Å². The second-order valence-corrected chi connectivity index (χ2v) is 4.16. The molecule has 0 rings (SSSR count). The molecule has 0 aliphatic rings. The molecule has 0 atom stereocenters. The normalized spacial score (nSPS) is 11.9. The van der Waals surface area contributed by atoms with Gasteiger partial charge < -0.3 is 20.8 Å². The first-order valence-corrected chi connectivity index (χ1v) is 6.20. The third-order valence-corrected chi connectivity index (χ3v) is 2.08. The molecule has 0 unspecified atom stereocenters. The maximum atomic E-state index is 10.2. The van der Waals surface area contributed by atoms with Gasteiger partial charge in [0, 0.05) is 0 Å². The maximum Gasteiger partial charge on any atom is 0.469 e. The predicted molar refractivity (Wildman–Crippen MR) is 53.8 cm³/mol. The van der Waals surface area contributed by atoms with Crippen LogP contribution in [0.4, 0.5) is 0 Å². The molecule has 7 heteroatoms. The molecule has 0 aromatic carbocycles. The summed E-state index contributed by atoms with van der Waals surface area (Å²) in [4.78, 5) is 16.7. The van der Waals surface area contributed by atoms with Crippen molar-refractivity contribution in [3.63, 3.8) is 0 Å². The summed E-state index contributed by atoms with van der Waals surface area (Å²) >= 11 is 0. The van der Waals surface area contributed by atoms with Gasteiger partial charge in [-0.3, -0.25) is 4.52 Å². The van der Waals surface area contributed by atoms with Crippen molar-refractivity contribution < 1.29 is 18.9 Å². The first-order chi connectivity index (χ1) is 6.56. The van der Waals surface area contributed by atoms with Crippen molar-refractivity contribution in [1.82, 2.24) is 5.32 Å². The molecule has 0 aromatic heterocycles. The minimum atomic E-state index is -4.28. The van der Waals surface area contributed by atoms with Crippen molar-refractivity contribution in [3.05, 3.63) is 0 Å². The zero-order valence-electron chi connectivity index (χ0n) is 8.19. The Hall–Kier alpha value is 0.0300. The van der Waals surface area contributed by atoms with Gasteiger partial charge in [0.15, 0.2) is 0 Å².